The highest BCUT2D eigenvalue weighted by Crippen LogP contribution is 2.38. The minimum Gasteiger partial charge on any atom is -0.349 e. The maximum Gasteiger partial charge on any atom is 0.355 e. The lowest BCUT2D eigenvalue weighted by molar-refractivity contribution is -0.128. The van der Waals surface area contributed by atoms with Crippen molar-refractivity contribution in [1.29, 1.82) is 0 Å². The Kier molecular flexibility index (Phi) is 6.98. The number of rotatable bonds is 3. The number of fused-ring (bicyclic) bond motifs is 7. The monoisotopic (exact) mass is 623 g/mol. The van der Waals surface area contributed by atoms with E-state index in [1.54, 1.807) is 40.2 Å². The number of piperazine rings is 1. The number of hydrogen-bond donors (Lipinski definition) is 0. The van der Waals surface area contributed by atoms with Gasteiger partial charge in [0.2, 0.25) is 5.91 Å². The lowest BCUT2D eigenvalue weighted by atomic mass is 10.0. The van der Waals surface area contributed by atoms with Crippen molar-refractivity contribution in [1.82, 2.24) is 39.4 Å². The fourth-order valence-electron chi connectivity index (χ4n) is 6.59. The van der Waals surface area contributed by atoms with Crippen molar-refractivity contribution in [3.63, 3.8) is 0 Å². The van der Waals surface area contributed by atoms with Gasteiger partial charge in [-0.3, -0.25) is 9.78 Å². The molecule has 1 aromatic carbocycles. The molecule has 0 saturated carbocycles. The lowest BCUT2D eigenvalue weighted by Gasteiger charge is -2.44. The first-order valence-corrected chi connectivity index (χ1v) is 15.1. The summed E-state index contributed by atoms with van der Waals surface area (Å²) >= 11 is 0. The molecular weight excluding hydrogens is 592 g/mol. The van der Waals surface area contributed by atoms with Crippen molar-refractivity contribution >= 4 is 22.8 Å². The molecule has 0 unspecified atom stereocenters. The second-order valence-corrected chi connectivity index (χ2v) is 12.1. The highest BCUT2D eigenvalue weighted by Gasteiger charge is 2.35. The topological polar surface area (TPSA) is 115 Å². The first kappa shape index (κ1) is 29.4. The molecule has 11 nitrogen and oxygen atoms in total. The Hall–Kier alpha value is -5.33. The van der Waals surface area contributed by atoms with E-state index in [9.17, 15) is 9.59 Å². The van der Waals surface area contributed by atoms with Gasteiger partial charge >= 0.3 is 5.69 Å². The van der Waals surface area contributed by atoms with Gasteiger partial charge in [-0.15, -0.1) is 5.10 Å². The van der Waals surface area contributed by atoms with Crippen molar-refractivity contribution in [3.8, 4) is 28.2 Å². The normalized spacial score (nSPS) is 17.5. The van der Waals surface area contributed by atoms with Gasteiger partial charge in [0.15, 0.2) is 5.65 Å². The summed E-state index contributed by atoms with van der Waals surface area (Å²) in [7, 11) is 0. The number of hydrogen-bond acceptors (Lipinski definition) is 8. The smallest absolute Gasteiger partial charge is 0.349 e. The molecule has 2 aliphatic heterocycles. The van der Waals surface area contributed by atoms with Gasteiger partial charge in [0, 0.05) is 42.5 Å². The van der Waals surface area contributed by atoms with Gasteiger partial charge < -0.3 is 9.80 Å². The van der Waals surface area contributed by atoms with E-state index in [1.165, 1.54) is 22.8 Å². The number of nitrogens with zero attached hydrogens (tertiary/aromatic N) is 9. The number of carbonyl (C=O) groups is 1. The molecule has 4 aromatic heterocycles. The van der Waals surface area contributed by atoms with Crippen LogP contribution in [0, 0.1) is 11.6 Å². The van der Waals surface area contributed by atoms with Gasteiger partial charge in [0.1, 0.15) is 23.1 Å². The summed E-state index contributed by atoms with van der Waals surface area (Å²) in [6.07, 6.45) is 4.50. The summed E-state index contributed by atoms with van der Waals surface area (Å²) in [5, 5.41) is 8.67. The van der Waals surface area contributed by atoms with E-state index in [4.69, 9.17) is 4.98 Å². The van der Waals surface area contributed by atoms with Crippen molar-refractivity contribution < 1.29 is 13.6 Å². The summed E-state index contributed by atoms with van der Waals surface area (Å²) in [5.74, 6) is -1.56. The molecule has 5 aromatic rings. The molecule has 1 fully saturated rings. The number of aromatic nitrogens is 7. The molecule has 1 saturated heterocycles. The Morgan fingerprint density at radius 1 is 1.09 bits per heavy atom. The van der Waals surface area contributed by atoms with Gasteiger partial charge in [-0.2, -0.15) is 4.98 Å². The first-order valence-electron chi connectivity index (χ1n) is 15.1. The van der Waals surface area contributed by atoms with Crippen molar-refractivity contribution in [2.45, 2.75) is 52.2 Å². The number of halogens is 2. The highest BCUT2D eigenvalue weighted by atomic mass is 19.1. The standard InChI is InChI=1S/C33H31F2N9O2/c1-6-26(45)41-14-19(5)42(15-18(41)4)31-22-12-24(35)29-27-20(8-7-9-23(27)34)16-43-25(13-37-40-43)21-10-11-36-28(17(2)3)30(21)44(32(22)38-29)33(46)39-31/h6-13,17-19H,1,14-16H2,2-5H3/t18-,19+/m1/s1. The molecule has 0 radical (unpaired) electrons. The van der Waals surface area contributed by atoms with Crippen LogP contribution in [-0.2, 0) is 11.3 Å². The molecule has 13 heteroatoms. The quantitative estimate of drug-likeness (QED) is 0.265. The third kappa shape index (κ3) is 4.48. The molecule has 0 N–H and O–H groups in total. The number of benzene rings is 1. The van der Waals surface area contributed by atoms with Crippen LogP contribution in [0.15, 0.2) is 60.2 Å². The predicted molar refractivity (Wildman–Crippen MR) is 169 cm³/mol. The molecule has 6 heterocycles. The summed E-state index contributed by atoms with van der Waals surface area (Å²) < 4.78 is 35.0. The van der Waals surface area contributed by atoms with Crippen molar-refractivity contribution in [3.05, 3.63) is 88.8 Å². The van der Waals surface area contributed by atoms with E-state index < -0.39 is 17.3 Å². The second-order valence-electron chi connectivity index (χ2n) is 12.1. The number of anilines is 1. The van der Waals surface area contributed by atoms with E-state index in [2.05, 4.69) is 26.9 Å². The van der Waals surface area contributed by atoms with Crippen LogP contribution in [0.4, 0.5) is 14.6 Å². The Bertz CT molecular complexity index is 2120. The Labute approximate surface area is 262 Å². The second kappa shape index (κ2) is 10.9. The maximum atomic E-state index is 16.4. The Balaban J connectivity index is 1.60. The molecule has 0 aliphatic carbocycles. The summed E-state index contributed by atoms with van der Waals surface area (Å²) in [5.41, 5.74) is 1.73. The minimum atomic E-state index is -0.776. The fraction of sp³-hybridized carbons (Fsp3) is 0.303. The van der Waals surface area contributed by atoms with Crippen LogP contribution in [-0.4, -0.2) is 70.5 Å². The highest BCUT2D eigenvalue weighted by molar-refractivity contribution is 5.92. The zero-order chi connectivity index (χ0) is 32.4. The average molecular weight is 624 g/mol. The van der Waals surface area contributed by atoms with E-state index >= 15 is 8.78 Å². The lowest BCUT2D eigenvalue weighted by Crippen LogP contribution is -2.58. The Morgan fingerprint density at radius 3 is 2.65 bits per heavy atom. The van der Waals surface area contributed by atoms with Crippen LogP contribution in [0.5, 0.6) is 0 Å². The fourth-order valence-corrected chi connectivity index (χ4v) is 6.59. The molecule has 7 rings (SSSR count). The van der Waals surface area contributed by atoms with Crippen LogP contribution in [0.25, 0.3) is 39.2 Å². The molecule has 2 atom stereocenters. The Morgan fingerprint density at radius 2 is 1.89 bits per heavy atom. The number of amides is 1. The molecule has 1 amide bonds. The zero-order valence-corrected chi connectivity index (χ0v) is 25.8. The predicted octanol–water partition coefficient (Wildman–Crippen LogP) is 4.48. The van der Waals surface area contributed by atoms with Crippen molar-refractivity contribution in [2.75, 3.05) is 18.0 Å². The van der Waals surface area contributed by atoms with E-state index in [-0.39, 0.29) is 58.6 Å². The van der Waals surface area contributed by atoms with Gasteiger partial charge in [-0.1, -0.05) is 37.8 Å². The largest absolute Gasteiger partial charge is 0.355 e. The average Bonchev–Trinajstić information content (AvgIpc) is 3.48. The van der Waals surface area contributed by atoms with Crippen LogP contribution in [0.1, 0.15) is 44.9 Å². The molecule has 46 heavy (non-hydrogen) atoms. The van der Waals surface area contributed by atoms with Crippen LogP contribution in [0.2, 0.25) is 0 Å². The molecule has 0 spiro atoms. The van der Waals surface area contributed by atoms with Crippen LogP contribution in [0.3, 0.4) is 0 Å². The number of pyridine rings is 2. The van der Waals surface area contributed by atoms with Gasteiger partial charge in [-0.05, 0) is 49.6 Å². The van der Waals surface area contributed by atoms with Gasteiger partial charge in [-0.25, -0.2) is 27.8 Å². The third-order valence-corrected chi connectivity index (χ3v) is 8.79. The summed E-state index contributed by atoms with van der Waals surface area (Å²) in [4.78, 5) is 44.5. The van der Waals surface area contributed by atoms with Crippen LogP contribution >= 0.6 is 0 Å². The van der Waals surface area contributed by atoms with E-state index in [0.717, 1.165) is 0 Å². The first-order chi connectivity index (χ1) is 22.1. The van der Waals surface area contributed by atoms with Crippen molar-refractivity contribution in [2.24, 2.45) is 0 Å². The molecule has 2 aliphatic rings. The summed E-state index contributed by atoms with van der Waals surface area (Å²) in [6.45, 7) is 12.1. The zero-order valence-electron chi connectivity index (χ0n) is 25.8. The SMILES string of the molecule is C=CC(=O)N1C[C@H](C)N(c2nc(=O)n3c4nc(c(F)cc24)-c2c(F)cccc2Cn2nncc2-c2ccnc(C(C)C)c2-3)C[C@H]1C. The van der Waals surface area contributed by atoms with Gasteiger partial charge in [0.25, 0.3) is 0 Å². The summed E-state index contributed by atoms with van der Waals surface area (Å²) in [6, 6.07) is 6.99. The third-order valence-electron chi connectivity index (χ3n) is 8.79. The van der Waals surface area contributed by atoms with E-state index in [1.807, 2.05) is 32.6 Å². The van der Waals surface area contributed by atoms with Gasteiger partial charge in [0.05, 0.1) is 35.2 Å². The van der Waals surface area contributed by atoms with Crippen LogP contribution < -0.4 is 10.6 Å². The molecular formula is C33H31F2N9O2. The van der Waals surface area contributed by atoms with E-state index in [0.29, 0.717) is 41.3 Å². The molecule has 2 bridgehead atoms. The molecule has 234 valence electrons. The number of carbonyl (C=O) groups excluding carboxylic acids is 1. The maximum absolute atomic E-state index is 16.4. The minimum absolute atomic E-state index is 0.0348.